The van der Waals surface area contributed by atoms with Crippen LogP contribution >= 0.6 is 0 Å². The topological polar surface area (TPSA) is 72.5 Å². The van der Waals surface area contributed by atoms with Gasteiger partial charge >= 0.3 is 6.09 Å². The Kier molecular flexibility index (Phi) is 4.02. The fraction of sp³-hybridized carbons (Fsp3) is 0.833. The fourth-order valence-corrected chi connectivity index (χ4v) is 1.75. The maximum Gasteiger partial charge on any atom is 0.407 e. The molecule has 72 valence electrons. The van der Waals surface area contributed by atoms with Crippen molar-refractivity contribution in [3.8, 4) is 0 Å². The van der Waals surface area contributed by atoms with Gasteiger partial charge < -0.3 is 10.1 Å². The molecule has 0 aromatic rings. The molecule has 0 aliphatic carbocycles. The number of nitrogens with one attached hydrogen (secondary N) is 1. The van der Waals surface area contributed by atoms with Gasteiger partial charge in [0.05, 0.1) is 12.9 Å². The van der Waals surface area contributed by atoms with E-state index in [1.807, 2.05) is 0 Å². The normalized spacial score (nSPS) is 13.6. The summed E-state index contributed by atoms with van der Waals surface area (Å²) in [6.07, 6.45) is 0.494. The first-order valence-corrected chi connectivity index (χ1v) is 5.43. The largest absolute Gasteiger partial charge is 0.453 e. The summed E-state index contributed by atoms with van der Waals surface area (Å²) >= 11 is 0. The third-order valence-corrected chi connectivity index (χ3v) is 2.21. The Hall–Kier alpha value is -0.780. The summed E-state index contributed by atoms with van der Waals surface area (Å²) in [6.45, 7) is 1.60. The maximum absolute atomic E-state index is 10.7. The number of carbonyl (C=O) groups is 1. The molecule has 1 atom stereocenters. The van der Waals surface area contributed by atoms with E-state index in [0.29, 0.717) is 0 Å². The monoisotopic (exact) mass is 195 g/mol. The van der Waals surface area contributed by atoms with E-state index in [2.05, 4.69) is 10.1 Å². The van der Waals surface area contributed by atoms with E-state index in [4.69, 9.17) is 0 Å². The van der Waals surface area contributed by atoms with Gasteiger partial charge in [0.15, 0.2) is 0 Å². The maximum atomic E-state index is 10.7. The average molecular weight is 195 g/mol. The number of alkyl carbamates (subject to hydrolysis) is 1. The molecular formula is C6H13NO4S. The number of ether oxygens (including phenoxy) is 1. The molecule has 1 N–H and O–H groups in total. The second-order valence-corrected chi connectivity index (χ2v) is 4.81. The van der Waals surface area contributed by atoms with Crippen LogP contribution in [0.15, 0.2) is 0 Å². The van der Waals surface area contributed by atoms with E-state index in [9.17, 15) is 13.2 Å². The van der Waals surface area contributed by atoms with E-state index in [1.54, 1.807) is 6.92 Å². The van der Waals surface area contributed by atoms with E-state index in [-0.39, 0.29) is 5.75 Å². The van der Waals surface area contributed by atoms with Gasteiger partial charge in [-0.15, -0.1) is 0 Å². The van der Waals surface area contributed by atoms with E-state index >= 15 is 0 Å². The van der Waals surface area contributed by atoms with Crippen molar-refractivity contribution in [2.24, 2.45) is 0 Å². The molecule has 0 saturated carbocycles. The third kappa shape index (κ3) is 5.96. The van der Waals surface area contributed by atoms with E-state index in [0.717, 1.165) is 6.26 Å². The smallest absolute Gasteiger partial charge is 0.407 e. The highest BCUT2D eigenvalue weighted by Gasteiger charge is 2.12. The number of amides is 1. The number of rotatable bonds is 3. The van der Waals surface area contributed by atoms with Crippen LogP contribution < -0.4 is 5.32 Å². The molecule has 0 bridgehead atoms. The van der Waals surface area contributed by atoms with Crippen molar-refractivity contribution in [2.75, 3.05) is 19.1 Å². The summed E-state index contributed by atoms with van der Waals surface area (Å²) in [7, 11) is -1.82. The van der Waals surface area contributed by atoms with Gasteiger partial charge in [-0.2, -0.15) is 0 Å². The highest BCUT2D eigenvalue weighted by molar-refractivity contribution is 7.90. The lowest BCUT2D eigenvalue weighted by Gasteiger charge is -2.10. The Morgan fingerprint density at radius 1 is 1.58 bits per heavy atom. The summed E-state index contributed by atoms with van der Waals surface area (Å²) in [5, 5.41) is 2.35. The predicted molar refractivity (Wildman–Crippen MR) is 44.7 cm³/mol. The molecule has 0 fully saturated rings. The summed E-state index contributed by atoms with van der Waals surface area (Å²) in [5.41, 5.74) is 0. The predicted octanol–water partition coefficient (Wildman–Crippen LogP) is -0.224. The molecule has 0 heterocycles. The van der Waals surface area contributed by atoms with E-state index in [1.165, 1.54) is 7.11 Å². The molecule has 6 heteroatoms. The summed E-state index contributed by atoms with van der Waals surface area (Å²) in [4.78, 5) is 10.6. The molecule has 1 amide bonds. The average Bonchev–Trinajstić information content (AvgIpc) is 1.82. The van der Waals surface area contributed by atoms with Crippen molar-refractivity contribution in [3.05, 3.63) is 0 Å². The Bertz CT molecular complexity index is 246. The van der Waals surface area contributed by atoms with Gasteiger partial charge in [0.2, 0.25) is 0 Å². The lowest BCUT2D eigenvalue weighted by Crippen LogP contribution is -2.37. The van der Waals surface area contributed by atoms with Crippen LogP contribution in [0.25, 0.3) is 0 Å². The Balaban J connectivity index is 3.91. The molecule has 0 aromatic carbocycles. The van der Waals surface area contributed by atoms with Crippen molar-refractivity contribution in [1.82, 2.24) is 5.32 Å². The zero-order valence-corrected chi connectivity index (χ0v) is 8.14. The van der Waals surface area contributed by atoms with Gasteiger partial charge in [0.25, 0.3) is 0 Å². The second kappa shape index (κ2) is 4.30. The standard InChI is InChI=1S/C6H13NO4S/c1-5(4-12(3,9)10)7-6(8)11-2/h5H,4H2,1-3H3,(H,7,8). The lowest BCUT2D eigenvalue weighted by molar-refractivity contribution is 0.168. The molecule has 0 aromatic heterocycles. The minimum Gasteiger partial charge on any atom is -0.453 e. The van der Waals surface area contributed by atoms with Gasteiger partial charge in [0, 0.05) is 12.3 Å². The quantitative estimate of drug-likeness (QED) is 0.675. The van der Waals surface area contributed by atoms with Crippen LogP contribution in [0.5, 0.6) is 0 Å². The van der Waals surface area contributed by atoms with Crippen LogP contribution in [0.3, 0.4) is 0 Å². The number of hydrogen-bond acceptors (Lipinski definition) is 4. The molecular weight excluding hydrogens is 182 g/mol. The van der Waals surface area contributed by atoms with Gasteiger partial charge in [0.1, 0.15) is 9.84 Å². The molecule has 0 saturated heterocycles. The SMILES string of the molecule is COC(=O)NC(C)CS(C)(=O)=O. The highest BCUT2D eigenvalue weighted by atomic mass is 32.2. The molecule has 0 spiro atoms. The van der Waals surface area contributed by atoms with Crippen molar-refractivity contribution in [3.63, 3.8) is 0 Å². The van der Waals surface area contributed by atoms with Crippen LogP contribution in [-0.4, -0.2) is 39.7 Å². The van der Waals surface area contributed by atoms with Crippen LogP contribution in [0, 0.1) is 0 Å². The zero-order chi connectivity index (χ0) is 9.78. The first kappa shape index (κ1) is 11.2. The molecule has 0 radical (unpaired) electrons. The zero-order valence-electron chi connectivity index (χ0n) is 7.33. The Morgan fingerprint density at radius 3 is 2.42 bits per heavy atom. The molecule has 0 aliphatic rings. The Labute approximate surface area is 72.0 Å². The molecule has 12 heavy (non-hydrogen) atoms. The lowest BCUT2D eigenvalue weighted by atomic mass is 10.4. The minimum atomic E-state index is -3.05. The van der Waals surface area contributed by atoms with Crippen LogP contribution in [0.1, 0.15) is 6.92 Å². The molecule has 0 aliphatic heterocycles. The van der Waals surface area contributed by atoms with E-state index < -0.39 is 22.0 Å². The van der Waals surface area contributed by atoms with Crippen LogP contribution in [-0.2, 0) is 14.6 Å². The number of hydrogen-bond donors (Lipinski definition) is 1. The molecule has 5 nitrogen and oxygen atoms in total. The summed E-state index contributed by atoms with van der Waals surface area (Å²) in [5.74, 6) is -0.0813. The van der Waals surface area contributed by atoms with Crippen molar-refractivity contribution < 1.29 is 17.9 Å². The third-order valence-electron chi connectivity index (χ3n) is 1.10. The number of methoxy groups -OCH3 is 1. The van der Waals surface area contributed by atoms with Crippen molar-refractivity contribution in [1.29, 1.82) is 0 Å². The van der Waals surface area contributed by atoms with Crippen molar-refractivity contribution in [2.45, 2.75) is 13.0 Å². The first-order valence-electron chi connectivity index (χ1n) is 3.37. The summed E-state index contributed by atoms with van der Waals surface area (Å²) < 4.78 is 25.7. The summed E-state index contributed by atoms with van der Waals surface area (Å²) in [6, 6.07) is -0.424. The highest BCUT2D eigenvalue weighted by Crippen LogP contribution is 1.90. The van der Waals surface area contributed by atoms with Crippen molar-refractivity contribution >= 4 is 15.9 Å². The van der Waals surface area contributed by atoms with Crippen LogP contribution in [0.4, 0.5) is 4.79 Å². The Morgan fingerprint density at radius 2 is 2.08 bits per heavy atom. The van der Waals surface area contributed by atoms with Gasteiger partial charge in [-0.05, 0) is 6.92 Å². The fourth-order valence-electron chi connectivity index (χ4n) is 0.756. The number of sulfone groups is 1. The van der Waals surface area contributed by atoms with Gasteiger partial charge in [-0.25, -0.2) is 13.2 Å². The minimum absolute atomic E-state index is 0.0813. The second-order valence-electron chi connectivity index (χ2n) is 2.63. The van der Waals surface area contributed by atoms with Gasteiger partial charge in [-0.1, -0.05) is 0 Å². The first-order chi connectivity index (χ1) is 5.35. The number of carbonyl (C=O) groups excluding carboxylic acids is 1. The molecule has 1 unspecified atom stereocenters. The van der Waals surface area contributed by atoms with Gasteiger partial charge in [-0.3, -0.25) is 0 Å². The van der Waals surface area contributed by atoms with Crippen LogP contribution in [0.2, 0.25) is 0 Å². The molecule has 0 rings (SSSR count).